The molecule has 0 aromatic heterocycles. The smallest absolute Gasteiger partial charge is 0.118 e. The highest BCUT2D eigenvalue weighted by molar-refractivity contribution is 6.24. The third-order valence-corrected chi connectivity index (χ3v) is 2.70. The van der Waals surface area contributed by atoms with Gasteiger partial charge in [-0.2, -0.15) is 0 Å². The van der Waals surface area contributed by atoms with E-state index in [9.17, 15) is 4.79 Å². The fourth-order valence-electron chi connectivity index (χ4n) is 2.07. The van der Waals surface area contributed by atoms with Crippen molar-refractivity contribution in [3.63, 3.8) is 0 Å². The largest absolute Gasteiger partial charge is 0.304 e. The van der Waals surface area contributed by atoms with Crippen molar-refractivity contribution in [1.82, 2.24) is 0 Å². The van der Waals surface area contributed by atoms with Crippen molar-refractivity contribution in [1.29, 1.82) is 0 Å². The number of fused-ring (bicyclic) bond motifs is 2. The number of carbonyl (C=O) groups excluding carboxylic acids is 1. The first-order valence-electron chi connectivity index (χ1n) is 3.68. The molecule has 2 rings (SSSR count). The maximum Gasteiger partial charge on any atom is 0.118 e. The molecule has 2 aliphatic carbocycles. The summed E-state index contributed by atoms with van der Waals surface area (Å²) in [5.41, 5.74) is 0. The molecular formula is C8H9BO. The Balaban J connectivity index is 2.30. The normalized spacial score (nSPS) is 50.0. The van der Waals surface area contributed by atoms with Crippen LogP contribution >= 0.6 is 0 Å². The molecule has 0 N–H and O–H groups in total. The van der Waals surface area contributed by atoms with Crippen LogP contribution in [0.2, 0.25) is 5.31 Å². The molecule has 0 spiro atoms. The van der Waals surface area contributed by atoms with Crippen LogP contribution in [-0.2, 0) is 4.79 Å². The first-order chi connectivity index (χ1) is 4.74. The van der Waals surface area contributed by atoms with Gasteiger partial charge in [-0.25, -0.2) is 0 Å². The van der Waals surface area contributed by atoms with Gasteiger partial charge >= 0.3 is 0 Å². The molecule has 3 atom stereocenters. The topological polar surface area (TPSA) is 17.1 Å². The van der Waals surface area contributed by atoms with Gasteiger partial charge in [-0.15, -0.1) is 0 Å². The fraction of sp³-hybridized carbons (Fsp3) is 0.625. The average molecular weight is 132 g/mol. The minimum atomic E-state index is -0.514. The van der Waals surface area contributed by atoms with E-state index in [1.165, 1.54) is 0 Å². The zero-order valence-electron chi connectivity index (χ0n) is 5.79. The summed E-state index contributed by atoms with van der Waals surface area (Å²) in [4.78, 5) is 10.6. The molecule has 0 aliphatic heterocycles. The van der Waals surface area contributed by atoms with Gasteiger partial charge < -0.3 is 4.79 Å². The Hall–Kier alpha value is -0.525. The van der Waals surface area contributed by atoms with Crippen molar-refractivity contribution in [3.8, 4) is 0 Å². The van der Waals surface area contributed by atoms with Crippen LogP contribution in [0.1, 0.15) is 12.8 Å². The number of aldehydes is 1. The lowest BCUT2D eigenvalue weighted by Crippen LogP contribution is -2.19. The fourth-order valence-corrected chi connectivity index (χ4v) is 2.07. The van der Waals surface area contributed by atoms with Gasteiger partial charge in [0, 0.05) is 0 Å². The monoisotopic (exact) mass is 132 g/mol. The van der Waals surface area contributed by atoms with Crippen LogP contribution in [-0.4, -0.2) is 14.1 Å². The van der Waals surface area contributed by atoms with Gasteiger partial charge in [0.15, 0.2) is 0 Å². The Labute approximate surface area is 61.9 Å². The third-order valence-electron chi connectivity index (χ3n) is 2.70. The maximum atomic E-state index is 10.6. The van der Waals surface area contributed by atoms with Crippen molar-refractivity contribution in [2.75, 3.05) is 0 Å². The lowest BCUT2D eigenvalue weighted by Gasteiger charge is -2.24. The van der Waals surface area contributed by atoms with E-state index in [1.54, 1.807) is 0 Å². The van der Waals surface area contributed by atoms with E-state index in [-0.39, 0.29) is 0 Å². The standard InChI is InChI=1S/C8H9BO/c9-8(5-10)4-6-1-2-7(8)3-6/h1-2,5-7H,3-4H2. The van der Waals surface area contributed by atoms with Crippen LogP contribution in [0.15, 0.2) is 12.2 Å². The molecule has 0 amide bonds. The van der Waals surface area contributed by atoms with Gasteiger partial charge in [-0.1, -0.05) is 12.2 Å². The van der Waals surface area contributed by atoms with Crippen molar-refractivity contribution in [3.05, 3.63) is 12.2 Å². The minimum absolute atomic E-state index is 0.329. The molecule has 50 valence electrons. The van der Waals surface area contributed by atoms with E-state index in [0.29, 0.717) is 11.8 Å². The molecule has 3 unspecified atom stereocenters. The lowest BCUT2D eigenvalue weighted by molar-refractivity contribution is -0.110. The summed E-state index contributed by atoms with van der Waals surface area (Å²) >= 11 is 0. The Kier molecular flexibility index (Phi) is 1.08. The van der Waals surface area contributed by atoms with E-state index >= 15 is 0 Å². The van der Waals surface area contributed by atoms with E-state index in [4.69, 9.17) is 7.85 Å². The summed E-state index contributed by atoms with van der Waals surface area (Å²) in [6.07, 6.45) is 7.13. The lowest BCUT2D eigenvalue weighted by atomic mass is 9.62. The molecule has 0 aromatic carbocycles. The Morgan fingerprint density at radius 2 is 2.40 bits per heavy atom. The summed E-state index contributed by atoms with van der Waals surface area (Å²) in [5.74, 6) is 0.912. The Bertz CT molecular complexity index is 199. The molecule has 0 saturated heterocycles. The summed E-state index contributed by atoms with van der Waals surface area (Å²) < 4.78 is 0. The zero-order chi connectivity index (χ0) is 7.19. The van der Waals surface area contributed by atoms with Gasteiger partial charge in [0.05, 0.1) is 7.85 Å². The number of allylic oxidation sites excluding steroid dienone is 2. The Morgan fingerprint density at radius 1 is 1.60 bits per heavy atom. The van der Waals surface area contributed by atoms with E-state index in [2.05, 4.69) is 12.2 Å². The first kappa shape index (κ1) is 6.20. The van der Waals surface area contributed by atoms with Crippen molar-refractivity contribution in [2.24, 2.45) is 11.8 Å². The molecule has 10 heavy (non-hydrogen) atoms. The van der Waals surface area contributed by atoms with Gasteiger partial charge in [0.1, 0.15) is 6.29 Å². The van der Waals surface area contributed by atoms with E-state index in [1.807, 2.05) is 0 Å². The molecule has 1 fully saturated rings. The van der Waals surface area contributed by atoms with Crippen LogP contribution in [0.5, 0.6) is 0 Å². The van der Waals surface area contributed by atoms with Crippen LogP contribution in [0.4, 0.5) is 0 Å². The minimum Gasteiger partial charge on any atom is -0.304 e. The molecule has 2 aliphatic rings. The van der Waals surface area contributed by atoms with E-state index in [0.717, 1.165) is 19.1 Å². The SMILES string of the molecule is [B]C1(C=O)CC2C=CC1C2. The number of carbonyl (C=O) groups is 1. The molecule has 2 bridgehead atoms. The summed E-state index contributed by atoms with van der Waals surface area (Å²) in [5, 5.41) is -0.514. The van der Waals surface area contributed by atoms with Crippen LogP contribution < -0.4 is 0 Å². The highest BCUT2D eigenvalue weighted by atomic mass is 16.1. The maximum absolute atomic E-state index is 10.6. The number of hydrogen-bond acceptors (Lipinski definition) is 1. The average Bonchev–Trinajstić information content (AvgIpc) is 2.46. The second-order valence-corrected chi connectivity index (χ2v) is 3.42. The van der Waals surface area contributed by atoms with Crippen molar-refractivity contribution in [2.45, 2.75) is 18.2 Å². The van der Waals surface area contributed by atoms with Crippen LogP contribution in [0.25, 0.3) is 0 Å². The quantitative estimate of drug-likeness (QED) is 0.296. The molecule has 2 heteroatoms. The molecule has 1 nitrogen and oxygen atoms in total. The molecule has 0 aromatic rings. The number of rotatable bonds is 1. The van der Waals surface area contributed by atoms with Crippen LogP contribution in [0, 0.1) is 11.8 Å². The molecular weight excluding hydrogens is 123 g/mol. The molecule has 2 radical (unpaired) electrons. The van der Waals surface area contributed by atoms with Gasteiger partial charge in [-0.05, 0) is 30.0 Å². The van der Waals surface area contributed by atoms with Crippen molar-refractivity contribution < 1.29 is 4.79 Å². The summed E-state index contributed by atoms with van der Waals surface area (Å²) in [6, 6.07) is 0. The second-order valence-electron chi connectivity index (χ2n) is 3.42. The Morgan fingerprint density at radius 3 is 2.70 bits per heavy atom. The number of hydrogen-bond donors (Lipinski definition) is 0. The summed E-state index contributed by atoms with van der Waals surface area (Å²) in [7, 11) is 5.82. The summed E-state index contributed by atoms with van der Waals surface area (Å²) in [6.45, 7) is 0. The van der Waals surface area contributed by atoms with E-state index < -0.39 is 5.31 Å². The first-order valence-corrected chi connectivity index (χ1v) is 3.68. The van der Waals surface area contributed by atoms with Gasteiger partial charge in [0.25, 0.3) is 0 Å². The predicted octanol–water partition coefficient (Wildman–Crippen LogP) is 1.11. The highest BCUT2D eigenvalue weighted by Crippen LogP contribution is 2.53. The van der Waals surface area contributed by atoms with Crippen molar-refractivity contribution >= 4 is 14.1 Å². The van der Waals surface area contributed by atoms with Crippen LogP contribution in [0.3, 0.4) is 0 Å². The molecule has 0 heterocycles. The highest BCUT2D eigenvalue weighted by Gasteiger charge is 2.43. The predicted molar refractivity (Wildman–Crippen MR) is 39.9 cm³/mol. The molecule has 1 saturated carbocycles. The van der Waals surface area contributed by atoms with Gasteiger partial charge in [0.2, 0.25) is 0 Å². The van der Waals surface area contributed by atoms with Gasteiger partial charge in [-0.3, -0.25) is 0 Å². The second kappa shape index (κ2) is 1.74. The zero-order valence-corrected chi connectivity index (χ0v) is 5.79. The third kappa shape index (κ3) is 0.620.